The zero-order valence-corrected chi connectivity index (χ0v) is 12.1. The average molecular weight is 266 g/mol. The minimum atomic E-state index is 0.234. The van der Waals surface area contributed by atoms with Crippen molar-refractivity contribution in [2.24, 2.45) is 10.9 Å². The van der Waals surface area contributed by atoms with Crippen molar-refractivity contribution in [3.05, 3.63) is 12.7 Å². The van der Waals surface area contributed by atoms with Crippen molar-refractivity contribution in [3.8, 4) is 0 Å². The largest absolute Gasteiger partial charge is 0.356 e. The van der Waals surface area contributed by atoms with Crippen LogP contribution < -0.4 is 10.6 Å². The van der Waals surface area contributed by atoms with Crippen LogP contribution in [0.4, 0.5) is 0 Å². The summed E-state index contributed by atoms with van der Waals surface area (Å²) in [5.74, 6) is 1.57. The molecular weight excluding hydrogens is 240 g/mol. The first kappa shape index (κ1) is 15.5. The molecule has 0 bridgehead atoms. The van der Waals surface area contributed by atoms with Gasteiger partial charge in [0, 0.05) is 39.6 Å². The van der Waals surface area contributed by atoms with Crippen LogP contribution in [0.2, 0.25) is 0 Å². The Bertz CT molecular complexity index is 327. The van der Waals surface area contributed by atoms with Gasteiger partial charge >= 0.3 is 0 Å². The van der Waals surface area contributed by atoms with Crippen molar-refractivity contribution in [2.75, 3.05) is 33.2 Å². The highest BCUT2D eigenvalue weighted by atomic mass is 16.2. The topological polar surface area (TPSA) is 56.7 Å². The number of hydrogen-bond donors (Lipinski definition) is 2. The van der Waals surface area contributed by atoms with Crippen LogP contribution in [0.1, 0.15) is 26.2 Å². The zero-order valence-electron chi connectivity index (χ0n) is 12.1. The van der Waals surface area contributed by atoms with Gasteiger partial charge < -0.3 is 15.5 Å². The first-order chi connectivity index (χ1) is 9.17. The monoisotopic (exact) mass is 266 g/mol. The molecule has 1 fully saturated rings. The lowest BCUT2D eigenvalue weighted by Crippen LogP contribution is -2.42. The summed E-state index contributed by atoms with van der Waals surface area (Å²) in [7, 11) is 1.71. The van der Waals surface area contributed by atoms with Gasteiger partial charge in [-0.1, -0.05) is 13.0 Å². The molecule has 108 valence electrons. The van der Waals surface area contributed by atoms with Crippen LogP contribution >= 0.6 is 0 Å². The summed E-state index contributed by atoms with van der Waals surface area (Å²) in [6.07, 6.45) is 4.65. The number of likely N-dealkylation sites (tertiary alicyclic amines) is 1. The molecule has 1 aliphatic rings. The number of piperidine rings is 1. The number of carbonyl (C=O) groups excluding carboxylic acids is 1. The molecule has 1 amide bonds. The molecule has 5 heteroatoms. The van der Waals surface area contributed by atoms with Crippen molar-refractivity contribution >= 4 is 11.9 Å². The normalized spacial score (nSPS) is 20.0. The van der Waals surface area contributed by atoms with E-state index >= 15 is 0 Å². The standard InChI is InChI=1S/C14H26N4O/c1-4-8-16-14(15-3)17-9-7-13(19)18-10-5-6-12(2)11-18/h4,12H,1,5-11H2,2-3H3,(H2,15,16,17). The van der Waals surface area contributed by atoms with Gasteiger partial charge in [0.15, 0.2) is 5.96 Å². The predicted molar refractivity (Wildman–Crippen MR) is 79.2 cm³/mol. The van der Waals surface area contributed by atoms with E-state index in [0.29, 0.717) is 31.4 Å². The summed E-state index contributed by atoms with van der Waals surface area (Å²) in [5, 5.41) is 6.20. The Morgan fingerprint density at radius 2 is 2.32 bits per heavy atom. The van der Waals surface area contributed by atoms with E-state index in [1.54, 1.807) is 13.1 Å². The number of nitrogens with zero attached hydrogens (tertiary/aromatic N) is 2. The molecule has 5 nitrogen and oxygen atoms in total. The van der Waals surface area contributed by atoms with Crippen LogP contribution in [-0.4, -0.2) is 50.0 Å². The predicted octanol–water partition coefficient (Wildman–Crippen LogP) is 0.986. The van der Waals surface area contributed by atoms with Crippen molar-refractivity contribution in [1.29, 1.82) is 0 Å². The molecule has 0 aromatic rings. The zero-order chi connectivity index (χ0) is 14.1. The Morgan fingerprint density at radius 3 is 2.95 bits per heavy atom. The summed E-state index contributed by atoms with van der Waals surface area (Å²) < 4.78 is 0. The molecule has 1 aliphatic heterocycles. The molecule has 2 N–H and O–H groups in total. The number of aliphatic imine (C=N–C) groups is 1. The Morgan fingerprint density at radius 1 is 1.53 bits per heavy atom. The van der Waals surface area contributed by atoms with Gasteiger partial charge in [-0.15, -0.1) is 6.58 Å². The van der Waals surface area contributed by atoms with Crippen molar-refractivity contribution in [3.63, 3.8) is 0 Å². The molecule has 0 aromatic carbocycles. The lowest BCUT2D eigenvalue weighted by atomic mass is 10.00. The molecule has 0 aliphatic carbocycles. The quantitative estimate of drug-likeness (QED) is 0.443. The number of guanidine groups is 1. The number of amides is 1. The fourth-order valence-corrected chi connectivity index (χ4v) is 2.25. The third-order valence-corrected chi connectivity index (χ3v) is 3.28. The molecule has 1 heterocycles. The van der Waals surface area contributed by atoms with Crippen LogP contribution in [0, 0.1) is 5.92 Å². The van der Waals surface area contributed by atoms with Crippen molar-refractivity contribution < 1.29 is 4.79 Å². The first-order valence-corrected chi connectivity index (χ1v) is 7.00. The van der Waals surface area contributed by atoms with Gasteiger partial charge in [-0.2, -0.15) is 0 Å². The van der Waals surface area contributed by atoms with E-state index in [0.717, 1.165) is 19.5 Å². The minimum absolute atomic E-state index is 0.234. The summed E-state index contributed by atoms with van der Waals surface area (Å²) in [6.45, 7) is 8.93. The average Bonchev–Trinajstić information content (AvgIpc) is 2.42. The van der Waals surface area contributed by atoms with Gasteiger partial charge in [0.1, 0.15) is 0 Å². The molecule has 0 radical (unpaired) electrons. The fourth-order valence-electron chi connectivity index (χ4n) is 2.25. The van der Waals surface area contributed by atoms with E-state index in [9.17, 15) is 4.79 Å². The fraction of sp³-hybridized carbons (Fsp3) is 0.714. The van der Waals surface area contributed by atoms with Crippen LogP contribution in [0.3, 0.4) is 0 Å². The van der Waals surface area contributed by atoms with Crippen LogP contribution in [0.25, 0.3) is 0 Å². The van der Waals surface area contributed by atoms with E-state index in [-0.39, 0.29) is 5.91 Å². The minimum Gasteiger partial charge on any atom is -0.356 e. The number of nitrogens with one attached hydrogen (secondary N) is 2. The molecular formula is C14H26N4O. The lowest BCUT2D eigenvalue weighted by Gasteiger charge is -2.31. The lowest BCUT2D eigenvalue weighted by molar-refractivity contribution is -0.132. The van der Waals surface area contributed by atoms with Gasteiger partial charge in [0.25, 0.3) is 0 Å². The van der Waals surface area contributed by atoms with E-state index in [1.165, 1.54) is 6.42 Å². The Balaban J connectivity index is 2.24. The highest BCUT2D eigenvalue weighted by Gasteiger charge is 2.20. The van der Waals surface area contributed by atoms with Gasteiger partial charge in [0.2, 0.25) is 5.91 Å². The van der Waals surface area contributed by atoms with Crippen LogP contribution in [0.5, 0.6) is 0 Å². The van der Waals surface area contributed by atoms with Gasteiger partial charge in [-0.25, -0.2) is 0 Å². The van der Waals surface area contributed by atoms with Crippen LogP contribution in [-0.2, 0) is 4.79 Å². The molecule has 19 heavy (non-hydrogen) atoms. The highest BCUT2D eigenvalue weighted by molar-refractivity contribution is 5.81. The SMILES string of the molecule is C=CCNC(=NC)NCCC(=O)N1CCCC(C)C1. The molecule has 0 spiro atoms. The summed E-state index contributed by atoms with van der Waals surface area (Å²) in [5.41, 5.74) is 0. The van der Waals surface area contributed by atoms with E-state index < -0.39 is 0 Å². The van der Waals surface area contributed by atoms with E-state index in [2.05, 4.69) is 29.1 Å². The maximum atomic E-state index is 12.0. The second-order valence-corrected chi connectivity index (χ2v) is 5.01. The van der Waals surface area contributed by atoms with Gasteiger partial charge in [0.05, 0.1) is 0 Å². The van der Waals surface area contributed by atoms with E-state index in [4.69, 9.17) is 0 Å². The summed E-state index contributed by atoms with van der Waals surface area (Å²) in [6, 6.07) is 0. The molecule has 1 saturated heterocycles. The number of rotatable bonds is 5. The highest BCUT2D eigenvalue weighted by Crippen LogP contribution is 2.15. The van der Waals surface area contributed by atoms with Gasteiger partial charge in [-0.05, 0) is 18.8 Å². The summed E-state index contributed by atoms with van der Waals surface area (Å²) in [4.78, 5) is 18.1. The molecule has 0 saturated carbocycles. The Hall–Kier alpha value is -1.52. The number of hydrogen-bond acceptors (Lipinski definition) is 2. The second-order valence-electron chi connectivity index (χ2n) is 5.01. The van der Waals surface area contributed by atoms with Crippen molar-refractivity contribution in [1.82, 2.24) is 15.5 Å². The number of carbonyl (C=O) groups is 1. The smallest absolute Gasteiger partial charge is 0.224 e. The maximum Gasteiger partial charge on any atom is 0.224 e. The molecule has 1 unspecified atom stereocenters. The Labute approximate surface area is 116 Å². The van der Waals surface area contributed by atoms with E-state index in [1.807, 2.05) is 4.90 Å². The third-order valence-electron chi connectivity index (χ3n) is 3.28. The van der Waals surface area contributed by atoms with Gasteiger partial charge in [-0.3, -0.25) is 9.79 Å². The molecule has 1 rings (SSSR count). The Kier molecular flexibility index (Phi) is 7.00. The molecule has 1 atom stereocenters. The van der Waals surface area contributed by atoms with Crippen LogP contribution in [0.15, 0.2) is 17.6 Å². The summed E-state index contributed by atoms with van der Waals surface area (Å²) >= 11 is 0. The first-order valence-electron chi connectivity index (χ1n) is 7.00. The second kappa shape index (κ2) is 8.56. The third kappa shape index (κ3) is 5.77. The van der Waals surface area contributed by atoms with Crippen molar-refractivity contribution in [2.45, 2.75) is 26.2 Å². The molecule has 0 aromatic heterocycles. The maximum absolute atomic E-state index is 12.0.